The van der Waals surface area contributed by atoms with E-state index in [-0.39, 0.29) is 5.91 Å². The summed E-state index contributed by atoms with van der Waals surface area (Å²) < 4.78 is 1.83. The van der Waals surface area contributed by atoms with Gasteiger partial charge in [-0.15, -0.1) is 10.2 Å². The number of nitrogens with zero attached hydrogens (tertiary/aromatic N) is 4. The highest BCUT2D eigenvalue weighted by molar-refractivity contribution is 6.04. The molecule has 1 N–H and O–H groups in total. The molecule has 136 valence electrons. The predicted molar refractivity (Wildman–Crippen MR) is 107 cm³/mol. The minimum absolute atomic E-state index is 0.190. The number of rotatable bonds is 5. The molecule has 0 bridgehead atoms. The van der Waals surface area contributed by atoms with Crippen LogP contribution in [-0.4, -0.2) is 25.7 Å². The van der Waals surface area contributed by atoms with Crippen LogP contribution in [0.5, 0.6) is 0 Å². The monoisotopic (exact) mass is 359 g/mol. The lowest BCUT2D eigenvalue weighted by Crippen LogP contribution is -2.12. The van der Waals surface area contributed by atoms with E-state index in [4.69, 9.17) is 0 Å². The molecule has 0 aliphatic rings. The van der Waals surface area contributed by atoms with Crippen molar-refractivity contribution in [2.75, 3.05) is 5.32 Å². The van der Waals surface area contributed by atoms with Crippen LogP contribution in [0.3, 0.4) is 0 Å². The lowest BCUT2D eigenvalue weighted by atomic mass is 10.1. The van der Waals surface area contributed by atoms with Crippen LogP contribution < -0.4 is 5.32 Å². The Balaban J connectivity index is 1.83. The fourth-order valence-electron chi connectivity index (χ4n) is 2.72. The highest BCUT2D eigenvalue weighted by Crippen LogP contribution is 2.21. The number of aryl methyl sites for hydroxylation is 1. The molecular formula is C21H21N5O. The summed E-state index contributed by atoms with van der Waals surface area (Å²) in [6, 6.07) is 11.0. The predicted octanol–water partition coefficient (Wildman–Crippen LogP) is 4.11. The second-order valence-electron chi connectivity index (χ2n) is 5.97. The van der Waals surface area contributed by atoms with Crippen LogP contribution in [0.4, 0.5) is 5.69 Å². The average molecular weight is 359 g/mol. The minimum atomic E-state index is -0.190. The lowest BCUT2D eigenvalue weighted by Gasteiger charge is -2.09. The molecule has 1 amide bonds. The number of carbonyl (C=O) groups excluding carboxylic acids is 1. The van der Waals surface area contributed by atoms with E-state index in [9.17, 15) is 4.79 Å². The van der Waals surface area contributed by atoms with Crippen LogP contribution in [0.2, 0.25) is 0 Å². The first-order chi connectivity index (χ1) is 13.1. The molecule has 0 aliphatic heterocycles. The summed E-state index contributed by atoms with van der Waals surface area (Å²) in [6.07, 6.45) is 9.17. The number of aromatic nitrogens is 4. The van der Waals surface area contributed by atoms with Gasteiger partial charge in [-0.3, -0.25) is 9.78 Å². The zero-order chi connectivity index (χ0) is 19.2. The van der Waals surface area contributed by atoms with Gasteiger partial charge in [0.25, 0.3) is 5.91 Å². The summed E-state index contributed by atoms with van der Waals surface area (Å²) in [5.41, 5.74) is 3.85. The number of benzene rings is 1. The van der Waals surface area contributed by atoms with Gasteiger partial charge < -0.3 is 9.88 Å². The second-order valence-corrected chi connectivity index (χ2v) is 5.97. The molecule has 2 aromatic heterocycles. The molecule has 0 saturated carbocycles. The van der Waals surface area contributed by atoms with E-state index in [2.05, 4.69) is 20.5 Å². The van der Waals surface area contributed by atoms with Crippen molar-refractivity contribution in [3.05, 3.63) is 78.4 Å². The lowest BCUT2D eigenvalue weighted by molar-refractivity contribution is 0.102. The van der Waals surface area contributed by atoms with E-state index in [0.29, 0.717) is 11.3 Å². The number of pyridine rings is 1. The van der Waals surface area contributed by atoms with Gasteiger partial charge in [-0.1, -0.05) is 30.4 Å². The number of hydrogen-bond donors (Lipinski definition) is 1. The fraction of sp³-hybridized carbons (Fsp3) is 0.143. The van der Waals surface area contributed by atoms with Crippen molar-refractivity contribution in [2.45, 2.75) is 13.8 Å². The molecule has 3 rings (SSSR count). The number of hydrogen-bond acceptors (Lipinski definition) is 4. The first kappa shape index (κ1) is 18.3. The molecule has 3 aromatic rings. The molecule has 0 aliphatic carbocycles. The number of nitrogens with one attached hydrogen (secondary N) is 1. The Morgan fingerprint density at radius 2 is 2.04 bits per heavy atom. The van der Waals surface area contributed by atoms with Crippen LogP contribution >= 0.6 is 0 Å². The number of anilines is 1. The third-order valence-corrected chi connectivity index (χ3v) is 4.07. The molecule has 0 radical (unpaired) electrons. The maximum Gasteiger partial charge on any atom is 0.255 e. The van der Waals surface area contributed by atoms with Crippen molar-refractivity contribution < 1.29 is 4.79 Å². The van der Waals surface area contributed by atoms with Crippen molar-refractivity contribution in [1.29, 1.82) is 0 Å². The molecule has 0 unspecified atom stereocenters. The Morgan fingerprint density at radius 1 is 1.19 bits per heavy atom. The van der Waals surface area contributed by atoms with Crippen molar-refractivity contribution in [3.8, 4) is 11.4 Å². The van der Waals surface area contributed by atoms with Crippen molar-refractivity contribution in [3.63, 3.8) is 0 Å². The summed E-state index contributed by atoms with van der Waals surface area (Å²) in [6.45, 7) is 3.89. The summed E-state index contributed by atoms with van der Waals surface area (Å²) >= 11 is 0. The van der Waals surface area contributed by atoms with Gasteiger partial charge >= 0.3 is 0 Å². The highest BCUT2D eigenvalue weighted by Gasteiger charge is 2.10. The fourth-order valence-corrected chi connectivity index (χ4v) is 2.72. The smallest absolute Gasteiger partial charge is 0.255 e. The Kier molecular flexibility index (Phi) is 5.56. The topological polar surface area (TPSA) is 72.7 Å². The van der Waals surface area contributed by atoms with E-state index in [1.807, 2.05) is 68.0 Å². The molecule has 0 atom stereocenters. The molecule has 0 spiro atoms. The standard InChI is InChI=1S/C21H21N5O/c1-4-7-15(5-2)19-13-17(10-11-22-19)21(27)24-18-9-6-8-16(12-18)20-25-23-14-26(20)3/h4-14H,1-3H3,(H,24,27)/b7-4-,15-5+. The molecule has 2 heterocycles. The molecule has 0 saturated heterocycles. The van der Waals surface area contributed by atoms with E-state index in [1.54, 1.807) is 24.7 Å². The first-order valence-electron chi connectivity index (χ1n) is 8.63. The quantitative estimate of drug-likeness (QED) is 0.696. The van der Waals surface area contributed by atoms with E-state index in [0.717, 1.165) is 22.7 Å². The summed E-state index contributed by atoms with van der Waals surface area (Å²) in [7, 11) is 1.88. The third-order valence-electron chi connectivity index (χ3n) is 4.07. The maximum atomic E-state index is 12.7. The molecule has 6 heteroatoms. The normalized spacial score (nSPS) is 11.7. The van der Waals surface area contributed by atoms with Crippen molar-refractivity contribution in [1.82, 2.24) is 19.7 Å². The second kappa shape index (κ2) is 8.23. The summed E-state index contributed by atoms with van der Waals surface area (Å²) in [5.74, 6) is 0.547. The third kappa shape index (κ3) is 4.17. The molecule has 27 heavy (non-hydrogen) atoms. The van der Waals surface area contributed by atoms with Gasteiger partial charge in [0.1, 0.15) is 6.33 Å². The van der Waals surface area contributed by atoms with Gasteiger partial charge in [0, 0.05) is 30.1 Å². The van der Waals surface area contributed by atoms with Crippen molar-refractivity contribution in [2.24, 2.45) is 7.05 Å². The van der Waals surface area contributed by atoms with E-state index >= 15 is 0 Å². The largest absolute Gasteiger partial charge is 0.322 e. The zero-order valence-corrected chi connectivity index (χ0v) is 15.5. The first-order valence-corrected chi connectivity index (χ1v) is 8.63. The highest BCUT2D eigenvalue weighted by atomic mass is 16.1. The van der Waals surface area contributed by atoms with Gasteiger partial charge in [0.15, 0.2) is 5.82 Å². The Labute approximate surface area is 158 Å². The van der Waals surface area contributed by atoms with Crippen LogP contribution in [0.15, 0.2) is 67.2 Å². The minimum Gasteiger partial charge on any atom is -0.322 e. The Hall–Kier alpha value is -3.54. The van der Waals surface area contributed by atoms with Crippen LogP contribution in [0.1, 0.15) is 29.9 Å². The number of amides is 1. The maximum absolute atomic E-state index is 12.7. The van der Waals surface area contributed by atoms with Gasteiger partial charge in [0.05, 0.1) is 5.69 Å². The van der Waals surface area contributed by atoms with Gasteiger partial charge in [0.2, 0.25) is 0 Å². The number of allylic oxidation sites excluding steroid dienone is 4. The van der Waals surface area contributed by atoms with Crippen LogP contribution in [0.25, 0.3) is 17.0 Å². The van der Waals surface area contributed by atoms with Crippen LogP contribution in [-0.2, 0) is 7.05 Å². The molecule has 0 fully saturated rings. The summed E-state index contributed by atoms with van der Waals surface area (Å²) in [5, 5.41) is 10.9. The summed E-state index contributed by atoms with van der Waals surface area (Å²) in [4.78, 5) is 17.0. The average Bonchev–Trinajstić information content (AvgIpc) is 3.12. The SMILES string of the molecule is C/C=C\C(=C/C)c1cc(C(=O)Nc2cccc(-c3nncn3C)c2)ccn1. The number of carbonyl (C=O) groups is 1. The molecular weight excluding hydrogens is 338 g/mol. The van der Waals surface area contributed by atoms with E-state index < -0.39 is 0 Å². The Morgan fingerprint density at radius 3 is 2.74 bits per heavy atom. The van der Waals surface area contributed by atoms with E-state index in [1.165, 1.54) is 0 Å². The Bertz CT molecular complexity index is 1020. The zero-order valence-electron chi connectivity index (χ0n) is 15.5. The molecule has 1 aromatic carbocycles. The van der Waals surface area contributed by atoms with Crippen LogP contribution in [0, 0.1) is 0 Å². The van der Waals surface area contributed by atoms with Gasteiger partial charge in [-0.2, -0.15) is 0 Å². The molecule has 6 nitrogen and oxygen atoms in total. The van der Waals surface area contributed by atoms with Crippen molar-refractivity contribution >= 4 is 17.2 Å². The van der Waals surface area contributed by atoms with Gasteiger partial charge in [-0.25, -0.2) is 0 Å². The van der Waals surface area contributed by atoms with Gasteiger partial charge in [-0.05, 0) is 43.7 Å².